The highest BCUT2D eigenvalue weighted by atomic mass is 32.1. The van der Waals surface area contributed by atoms with Gasteiger partial charge in [0.05, 0.1) is 39.2 Å². The normalized spacial score (nSPS) is 24.1. The quantitative estimate of drug-likeness (QED) is 0.425. The first-order valence-electron chi connectivity index (χ1n) is 10.7. The van der Waals surface area contributed by atoms with Crippen molar-refractivity contribution < 1.29 is 9.13 Å². The molecule has 0 unspecified atom stereocenters. The lowest BCUT2D eigenvalue weighted by molar-refractivity contribution is 0.0963. The number of hydrogen-bond acceptors (Lipinski definition) is 7. The van der Waals surface area contributed by atoms with E-state index in [-0.39, 0.29) is 11.4 Å². The molecule has 2 saturated heterocycles. The van der Waals surface area contributed by atoms with E-state index in [1.54, 1.807) is 35.2 Å². The molecule has 1 N–H and O–H groups in total. The van der Waals surface area contributed by atoms with Crippen LogP contribution in [-0.4, -0.2) is 46.7 Å². The summed E-state index contributed by atoms with van der Waals surface area (Å²) in [6, 6.07) is 7.51. The fourth-order valence-corrected chi connectivity index (χ4v) is 7.29. The first-order valence-corrected chi connectivity index (χ1v) is 12.4. The summed E-state index contributed by atoms with van der Waals surface area (Å²) >= 11 is 3.21. The number of halogens is 1. The Balaban J connectivity index is 1.39. The molecule has 1 spiro atoms. The van der Waals surface area contributed by atoms with E-state index in [1.807, 2.05) is 6.07 Å². The number of aromatic nitrogens is 2. The van der Waals surface area contributed by atoms with Gasteiger partial charge in [-0.1, -0.05) is 6.92 Å². The zero-order chi connectivity index (χ0) is 21.0. The van der Waals surface area contributed by atoms with Crippen molar-refractivity contribution in [1.82, 2.24) is 14.9 Å². The van der Waals surface area contributed by atoms with Crippen molar-refractivity contribution in [3.8, 4) is 0 Å². The Morgan fingerprint density at radius 3 is 3.06 bits per heavy atom. The summed E-state index contributed by atoms with van der Waals surface area (Å²) in [6.07, 6.45) is 4.02. The molecule has 0 amide bonds. The van der Waals surface area contributed by atoms with E-state index in [2.05, 4.69) is 33.2 Å². The predicted molar refractivity (Wildman–Crippen MR) is 125 cm³/mol. The minimum Gasteiger partial charge on any atom is -0.379 e. The number of hydrogen-bond donors (Lipinski definition) is 1. The van der Waals surface area contributed by atoms with E-state index in [9.17, 15) is 4.39 Å². The van der Waals surface area contributed by atoms with Crippen LogP contribution in [-0.2, 0) is 4.74 Å². The molecular formula is C23H23FN4OS2. The van der Waals surface area contributed by atoms with Crippen LogP contribution >= 0.6 is 22.7 Å². The minimum atomic E-state index is -0.270. The van der Waals surface area contributed by atoms with Gasteiger partial charge >= 0.3 is 0 Å². The molecule has 0 aliphatic carbocycles. The summed E-state index contributed by atoms with van der Waals surface area (Å²) in [5.74, 6) is 0.179. The van der Waals surface area contributed by atoms with Gasteiger partial charge in [-0.2, -0.15) is 0 Å². The number of thiophene rings is 1. The number of pyridine rings is 1. The Morgan fingerprint density at radius 2 is 2.23 bits per heavy atom. The molecular weight excluding hydrogens is 431 g/mol. The molecule has 1 aromatic carbocycles. The Bertz CT molecular complexity index is 1260. The lowest BCUT2D eigenvalue weighted by atomic mass is 9.82. The topological polar surface area (TPSA) is 50.3 Å². The third kappa shape index (κ3) is 3.08. The van der Waals surface area contributed by atoms with Crippen molar-refractivity contribution in [3.05, 3.63) is 46.7 Å². The van der Waals surface area contributed by atoms with Crippen molar-refractivity contribution in [2.45, 2.75) is 31.2 Å². The first kappa shape index (κ1) is 19.5. The number of benzene rings is 1. The van der Waals surface area contributed by atoms with E-state index in [1.165, 1.54) is 16.2 Å². The number of likely N-dealkylation sites (N-methyl/N-ethyl adjacent to an activating group) is 1. The molecule has 4 aromatic rings. The fourth-order valence-electron chi connectivity index (χ4n) is 5.33. The van der Waals surface area contributed by atoms with Gasteiger partial charge in [0.1, 0.15) is 10.6 Å². The summed E-state index contributed by atoms with van der Waals surface area (Å²) < 4.78 is 21.4. The summed E-state index contributed by atoms with van der Waals surface area (Å²) in [5, 5.41) is 4.35. The van der Waals surface area contributed by atoms with Crippen molar-refractivity contribution >= 4 is 54.5 Å². The lowest BCUT2D eigenvalue weighted by Gasteiger charge is -2.37. The lowest BCUT2D eigenvalue weighted by Crippen LogP contribution is -2.47. The number of nitrogens with one attached hydrogen (secondary N) is 1. The monoisotopic (exact) mass is 454 g/mol. The van der Waals surface area contributed by atoms with Crippen LogP contribution < -0.4 is 5.32 Å². The molecule has 8 heteroatoms. The molecule has 160 valence electrons. The van der Waals surface area contributed by atoms with Gasteiger partial charge in [-0.25, -0.2) is 14.4 Å². The van der Waals surface area contributed by atoms with Gasteiger partial charge in [-0.3, -0.25) is 4.90 Å². The third-order valence-electron chi connectivity index (χ3n) is 6.87. The zero-order valence-corrected chi connectivity index (χ0v) is 18.9. The number of ether oxygens (including phenoxy) is 1. The highest BCUT2D eigenvalue weighted by molar-refractivity contribution is 7.18. The van der Waals surface area contributed by atoms with Crippen molar-refractivity contribution in [2.75, 3.05) is 31.6 Å². The Morgan fingerprint density at radius 1 is 1.29 bits per heavy atom. The van der Waals surface area contributed by atoms with Crippen LogP contribution in [0, 0.1) is 5.82 Å². The molecule has 3 aromatic heterocycles. The minimum absolute atomic E-state index is 0.102. The smallest absolute Gasteiger partial charge is 0.148 e. The van der Waals surface area contributed by atoms with Crippen LogP contribution in [0.15, 0.2) is 36.0 Å². The van der Waals surface area contributed by atoms with Gasteiger partial charge in [0.2, 0.25) is 0 Å². The van der Waals surface area contributed by atoms with Crippen LogP contribution in [0.2, 0.25) is 0 Å². The van der Waals surface area contributed by atoms with Gasteiger partial charge in [0.25, 0.3) is 0 Å². The van der Waals surface area contributed by atoms with E-state index < -0.39 is 0 Å². The fraction of sp³-hybridized carbons (Fsp3) is 0.391. The first-order chi connectivity index (χ1) is 15.2. The van der Waals surface area contributed by atoms with E-state index >= 15 is 0 Å². The van der Waals surface area contributed by atoms with E-state index in [0.717, 1.165) is 65.3 Å². The SMILES string of the molecule is CCN1CC[C@@H](c2cc3c(Nc4cc5ncsc5cc4F)ccnc3s2)[C@@]12CCOC2. The molecule has 31 heavy (non-hydrogen) atoms. The number of nitrogens with zero attached hydrogens (tertiary/aromatic N) is 3. The number of likely N-dealkylation sites (tertiary alicyclic amines) is 1. The molecule has 5 nitrogen and oxygen atoms in total. The Hall–Kier alpha value is -2.13. The average Bonchev–Trinajstić information content (AvgIpc) is 3.55. The Labute approximate surface area is 187 Å². The maximum atomic E-state index is 14.7. The van der Waals surface area contributed by atoms with Crippen molar-refractivity contribution in [1.29, 1.82) is 0 Å². The average molecular weight is 455 g/mol. The summed E-state index contributed by atoms with van der Waals surface area (Å²) in [4.78, 5) is 13.9. The number of fused-ring (bicyclic) bond motifs is 2. The van der Waals surface area contributed by atoms with Crippen LogP contribution in [0.1, 0.15) is 30.6 Å². The largest absolute Gasteiger partial charge is 0.379 e. The summed E-state index contributed by atoms with van der Waals surface area (Å²) in [5.41, 5.74) is 3.97. The van der Waals surface area contributed by atoms with Crippen LogP contribution in [0.3, 0.4) is 0 Å². The van der Waals surface area contributed by atoms with E-state index in [0.29, 0.717) is 11.6 Å². The van der Waals surface area contributed by atoms with Crippen molar-refractivity contribution in [3.63, 3.8) is 0 Å². The molecule has 5 heterocycles. The second-order valence-corrected chi connectivity index (χ2v) is 10.3. The zero-order valence-electron chi connectivity index (χ0n) is 17.2. The highest BCUT2D eigenvalue weighted by Crippen LogP contribution is 2.50. The summed E-state index contributed by atoms with van der Waals surface area (Å²) in [7, 11) is 0. The van der Waals surface area contributed by atoms with Crippen LogP contribution in [0.4, 0.5) is 15.8 Å². The highest BCUT2D eigenvalue weighted by Gasteiger charge is 2.51. The van der Waals surface area contributed by atoms with Gasteiger partial charge < -0.3 is 10.1 Å². The molecule has 2 aliphatic heterocycles. The number of rotatable bonds is 4. The molecule has 6 rings (SSSR count). The van der Waals surface area contributed by atoms with Gasteiger partial charge in [-0.05, 0) is 50.2 Å². The van der Waals surface area contributed by atoms with Gasteiger partial charge in [-0.15, -0.1) is 22.7 Å². The standard InChI is InChI=1S/C23H23FN4OS2/c1-2-28-7-4-15(23(28)5-8-29-12-23)20-9-14-17(3-6-25-22(14)31-20)27-18-11-19-21(10-16(18)24)30-13-26-19/h3,6,9-11,13,15H,2,4-5,7-8,12H2,1H3,(H,25,27)/t15-,23-/m0/s1. The second-order valence-electron chi connectivity index (χ2n) is 8.33. The second kappa shape index (κ2) is 7.48. The Kier molecular flexibility index (Phi) is 4.72. The van der Waals surface area contributed by atoms with Gasteiger partial charge in [0.15, 0.2) is 0 Å². The molecule has 0 radical (unpaired) electrons. The van der Waals surface area contributed by atoms with Crippen LogP contribution in [0.5, 0.6) is 0 Å². The molecule has 0 saturated carbocycles. The van der Waals surface area contributed by atoms with Crippen LogP contribution in [0.25, 0.3) is 20.4 Å². The summed E-state index contributed by atoms with van der Waals surface area (Å²) in [6.45, 7) is 6.04. The number of thiazole rings is 1. The predicted octanol–water partition coefficient (Wildman–Crippen LogP) is 5.76. The molecule has 0 bridgehead atoms. The maximum Gasteiger partial charge on any atom is 0.148 e. The van der Waals surface area contributed by atoms with Crippen molar-refractivity contribution in [2.24, 2.45) is 0 Å². The molecule has 2 fully saturated rings. The maximum absolute atomic E-state index is 14.7. The molecule has 2 aliphatic rings. The van der Waals surface area contributed by atoms with Gasteiger partial charge in [0, 0.05) is 29.0 Å². The number of anilines is 2. The van der Waals surface area contributed by atoms with E-state index in [4.69, 9.17) is 4.74 Å². The third-order valence-corrected chi connectivity index (χ3v) is 8.82. The molecule has 2 atom stereocenters.